The number of aryl methyl sites for hydroxylation is 2. The lowest BCUT2D eigenvalue weighted by Crippen LogP contribution is -2.25. The number of carbonyl (C=O) groups excluding carboxylic acids is 1. The molecule has 0 saturated heterocycles. The summed E-state index contributed by atoms with van der Waals surface area (Å²) in [6, 6.07) is 16.2. The topological polar surface area (TPSA) is 46.9 Å². The maximum Gasteiger partial charge on any atom is 0.251 e. The van der Waals surface area contributed by atoms with Crippen LogP contribution in [-0.4, -0.2) is 22.0 Å². The Hall–Kier alpha value is -2.62. The van der Waals surface area contributed by atoms with Crippen LogP contribution in [0.15, 0.2) is 48.5 Å². The first-order valence-corrected chi connectivity index (χ1v) is 10.9. The first-order valence-electron chi connectivity index (χ1n) is 10.9. The molecular weight excluding hydrogens is 358 g/mol. The van der Waals surface area contributed by atoms with Gasteiger partial charge in [-0.1, -0.05) is 57.0 Å². The van der Waals surface area contributed by atoms with E-state index in [1.165, 1.54) is 17.8 Å². The second-order valence-corrected chi connectivity index (χ2v) is 8.02. The predicted octanol–water partition coefficient (Wildman–Crippen LogP) is 5.53. The Morgan fingerprint density at radius 3 is 2.62 bits per heavy atom. The number of imidazole rings is 1. The van der Waals surface area contributed by atoms with Crippen LogP contribution in [-0.2, 0) is 13.0 Å². The Bertz CT molecular complexity index is 944. The van der Waals surface area contributed by atoms with E-state index in [1.807, 2.05) is 31.2 Å². The third kappa shape index (κ3) is 5.47. The molecule has 0 aliphatic rings. The Balaban J connectivity index is 1.49. The fraction of sp³-hybridized carbons (Fsp3) is 0.440. The summed E-state index contributed by atoms with van der Waals surface area (Å²) < 4.78 is 2.41. The van der Waals surface area contributed by atoms with Crippen LogP contribution in [0.2, 0.25) is 0 Å². The number of hydrogen-bond acceptors (Lipinski definition) is 2. The van der Waals surface area contributed by atoms with Crippen molar-refractivity contribution < 1.29 is 4.79 Å². The molecule has 0 radical (unpaired) electrons. The molecule has 1 N–H and O–H groups in total. The van der Waals surface area contributed by atoms with E-state index in [-0.39, 0.29) is 5.91 Å². The van der Waals surface area contributed by atoms with Gasteiger partial charge in [0.2, 0.25) is 0 Å². The molecule has 154 valence electrons. The highest BCUT2D eigenvalue weighted by Crippen LogP contribution is 2.20. The highest BCUT2D eigenvalue weighted by atomic mass is 16.1. The summed E-state index contributed by atoms with van der Waals surface area (Å²) in [5, 5.41) is 3.05. The van der Waals surface area contributed by atoms with Gasteiger partial charge in [0, 0.05) is 25.1 Å². The van der Waals surface area contributed by atoms with Crippen LogP contribution < -0.4 is 5.32 Å². The average Bonchev–Trinajstić information content (AvgIpc) is 3.08. The molecular formula is C25H33N3O. The summed E-state index contributed by atoms with van der Waals surface area (Å²) in [5.41, 5.74) is 4.13. The van der Waals surface area contributed by atoms with E-state index in [9.17, 15) is 4.79 Å². The van der Waals surface area contributed by atoms with Crippen molar-refractivity contribution in [1.29, 1.82) is 0 Å². The molecule has 3 rings (SSSR count). The van der Waals surface area contributed by atoms with Crippen LogP contribution in [0.5, 0.6) is 0 Å². The van der Waals surface area contributed by atoms with Gasteiger partial charge in [0.05, 0.1) is 11.0 Å². The summed E-state index contributed by atoms with van der Waals surface area (Å²) in [5.74, 6) is 1.86. The van der Waals surface area contributed by atoms with E-state index in [0.717, 1.165) is 55.4 Å². The molecule has 0 bridgehead atoms. The van der Waals surface area contributed by atoms with E-state index in [0.29, 0.717) is 5.92 Å². The Morgan fingerprint density at radius 2 is 1.83 bits per heavy atom. The number of rotatable bonds is 10. The molecule has 1 amide bonds. The maximum absolute atomic E-state index is 12.3. The maximum atomic E-state index is 12.3. The van der Waals surface area contributed by atoms with Gasteiger partial charge in [0.15, 0.2) is 0 Å². The fourth-order valence-corrected chi connectivity index (χ4v) is 3.67. The van der Waals surface area contributed by atoms with Gasteiger partial charge in [-0.15, -0.1) is 0 Å². The molecule has 1 atom stereocenters. The smallest absolute Gasteiger partial charge is 0.251 e. The SMILES string of the molecule is CCC(C)Cn1c(CCCCCNC(=O)c2ccccc2C)nc2ccccc21. The van der Waals surface area contributed by atoms with Crippen LogP contribution in [0.25, 0.3) is 11.0 Å². The van der Waals surface area contributed by atoms with E-state index in [4.69, 9.17) is 4.98 Å². The quantitative estimate of drug-likeness (QED) is 0.462. The van der Waals surface area contributed by atoms with Gasteiger partial charge in [0.25, 0.3) is 5.91 Å². The van der Waals surface area contributed by atoms with Crippen molar-refractivity contribution in [2.75, 3.05) is 6.54 Å². The largest absolute Gasteiger partial charge is 0.352 e. The summed E-state index contributed by atoms with van der Waals surface area (Å²) >= 11 is 0. The van der Waals surface area contributed by atoms with Gasteiger partial charge in [-0.3, -0.25) is 4.79 Å². The number of benzene rings is 2. The summed E-state index contributed by atoms with van der Waals surface area (Å²) in [7, 11) is 0. The molecule has 0 aliphatic carbocycles. The Kier molecular flexibility index (Phi) is 7.45. The fourth-order valence-electron chi connectivity index (χ4n) is 3.67. The van der Waals surface area contributed by atoms with E-state index in [2.05, 4.69) is 48.0 Å². The highest BCUT2D eigenvalue weighted by Gasteiger charge is 2.12. The summed E-state index contributed by atoms with van der Waals surface area (Å²) in [4.78, 5) is 17.2. The number of unbranched alkanes of at least 4 members (excludes halogenated alkanes) is 2. The second-order valence-electron chi connectivity index (χ2n) is 8.02. The van der Waals surface area contributed by atoms with Crippen molar-refractivity contribution in [2.24, 2.45) is 5.92 Å². The molecule has 0 saturated carbocycles. The zero-order valence-electron chi connectivity index (χ0n) is 17.9. The molecule has 0 fully saturated rings. The molecule has 0 aliphatic heterocycles. The third-order valence-corrected chi connectivity index (χ3v) is 5.68. The average molecular weight is 392 g/mol. The van der Waals surface area contributed by atoms with Crippen LogP contribution in [0.4, 0.5) is 0 Å². The van der Waals surface area contributed by atoms with Gasteiger partial charge >= 0.3 is 0 Å². The molecule has 2 aromatic carbocycles. The minimum atomic E-state index is 0.0263. The third-order valence-electron chi connectivity index (χ3n) is 5.68. The Morgan fingerprint density at radius 1 is 1.07 bits per heavy atom. The van der Waals surface area contributed by atoms with E-state index >= 15 is 0 Å². The van der Waals surface area contributed by atoms with Gasteiger partial charge in [-0.2, -0.15) is 0 Å². The van der Waals surface area contributed by atoms with Crippen molar-refractivity contribution >= 4 is 16.9 Å². The van der Waals surface area contributed by atoms with Crippen molar-refractivity contribution in [3.05, 3.63) is 65.5 Å². The predicted molar refractivity (Wildman–Crippen MR) is 120 cm³/mol. The molecule has 1 heterocycles. The second kappa shape index (κ2) is 10.2. The van der Waals surface area contributed by atoms with E-state index < -0.39 is 0 Å². The minimum absolute atomic E-state index is 0.0263. The number of amides is 1. The number of para-hydroxylation sites is 2. The number of carbonyl (C=O) groups is 1. The summed E-state index contributed by atoms with van der Waals surface area (Å²) in [6.45, 7) is 8.26. The standard InChI is InChI=1S/C25H33N3O/c1-4-19(2)18-28-23-15-10-9-14-22(23)27-24(28)16-6-5-11-17-26-25(29)21-13-8-7-12-20(21)3/h7-10,12-15,19H,4-6,11,16-18H2,1-3H3,(H,26,29). The lowest BCUT2D eigenvalue weighted by molar-refractivity contribution is 0.0952. The van der Waals surface area contributed by atoms with Crippen LogP contribution in [0.3, 0.4) is 0 Å². The number of nitrogens with zero attached hydrogens (tertiary/aromatic N) is 2. The number of hydrogen-bond donors (Lipinski definition) is 1. The first kappa shape index (κ1) is 21.1. The summed E-state index contributed by atoms with van der Waals surface area (Å²) in [6.07, 6.45) is 5.32. The molecule has 4 nitrogen and oxygen atoms in total. The molecule has 4 heteroatoms. The first-order chi connectivity index (χ1) is 14.1. The van der Waals surface area contributed by atoms with Crippen LogP contribution in [0, 0.1) is 12.8 Å². The van der Waals surface area contributed by atoms with Crippen LogP contribution in [0.1, 0.15) is 61.3 Å². The van der Waals surface area contributed by atoms with Gasteiger partial charge < -0.3 is 9.88 Å². The lowest BCUT2D eigenvalue weighted by Gasteiger charge is -2.14. The zero-order chi connectivity index (χ0) is 20.6. The van der Waals surface area contributed by atoms with E-state index in [1.54, 1.807) is 0 Å². The number of fused-ring (bicyclic) bond motifs is 1. The van der Waals surface area contributed by atoms with Crippen LogP contribution >= 0.6 is 0 Å². The van der Waals surface area contributed by atoms with Crippen molar-refractivity contribution in [3.8, 4) is 0 Å². The van der Waals surface area contributed by atoms with Gasteiger partial charge in [-0.05, 0) is 49.4 Å². The number of aromatic nitrogens is 2. The minimum Gasteiger partial charge on any atom is -0.352 e. The Labute approximate surface area is 174 Å². The zero-order valence-corrected chi connectivity index (χ0v) is 17.9. The highest BCUT2D eigenvalue weighted by molar-refractivity contribution is 5.95. The molecule has 1 aromatic heterocycles. The van der Waals surface area contributed by atoms with Gasteiger partial charge in [-0.25, -0.2) is 4.98 Å². The molecule has 3 aromatic rings. The molecule has 1 unspecified atom stereocenters. The molecule has 0 spiro atoms. The van der Waals surface area contributed by atoms with Gasteiger partial charge in [0.1, 0.15) is 5.82 Å². The number of nitrogens with one attached hydrogen (secondary N) is 1. The van der Waals surface area contributed by atoms with Crippen molar-refractivity contribution in [2.45, 2.75) is 59.4 Å². The molecule has 29 heavy (non-hydrogen) atoms. The normalized spacial score (nSPS) is 12.2. The monoisotopic (exact) mass is 391 g/mol. The lowest BCUT2D eigenvalue weighted by atomic mass is 10.1. The van der Waals surface area contributed by atoms with Crippen molar-refractivity contribution in [1.82, 2.24) is 14.9 Å². The van der Waals surface area contributed by atoms with Crippen molar-refractivity contribution in [3.63, 3.8) is 0 Å².